The van der Waals surface area contributed by atoms with Crippen LogP contribution in [0.1, 0.15) is 5.56 Å². The summed E-state index contributed by atoms with van der Waals surface area (Å²) in [6, 6.07) is 4.26. The van der Waals surface area contributed by atoms with E-state index in [2.05, 4.69) is 15.3 Å². The number of halogens is 2. The second kappa shape index (κ2) is 5.39. The number of hydrogen-bond acceptors (Lipinski definition) is 4. The molecule has 0 unspecified atom stereocenters. The fourth-order valence-electron chi connectivity index (χ4n) is 1.40. The van der Waals surface area contributed by atoms with E-state index in [-0.39, 0.29) is 5.82 Å². The molecule has 2 aromatic heterocycles. The van der Waals surface area contributed by atoms with Crippen molar-refractivity contribution in [2.45, 2.75) is 6.54 Å². The molecule has 2 heterocycles. The van der Waals surface area contributed by atoms with Crippen LogP contribution in [-0.4, -0.2) is 17.1 Å². The van der Waals surface area contributed by atoms with Gasteiger partial charge in [0.25, 0.3) is 0 Å². The Balaban J connectivity index is 2.06. The zero-order valence-corrected chi connectivity index (χ0v) is 9.65. The lowest BCUT2D eigenvalue weighted by Crippen LogP contribution is -2.04. The molecule has 6 heteroatoms. The molecule has 0 fully saturated rings. The molecule has 94 valence electrons. The van der Waals surface area contributed by atoms with Crippen molar-refractivity contribution in [3.05, 3.63) is 47.8 Å². The molecular formula is C12H11F2N3O. The Morgan fingerprint density at radius 3 is 2.83 bits per heavy atom. The average Bonchev–Trinajstić information content (AvgIpc) is 2.38. The molecule has 0 aliphatic carbocycles. The van der Waals surface area contributed by atoms with Gasteiger partial charge in [0.1, 0.15) is 5.82 Å². The summed E-state index contributed by atoms with van der Waals surface area (Å²) < 4.78 is 30.9. The summed E-state index contributed by atoms with van der Waals surface area (Å²) in [5.41, 5.74) is 0.854. The molecule has 0 saturated heterocycles. The molecule has 1 N–H and O–H groups in total. The van der Waals surface area contributed by atoms with Gasteiger partial charge in [-0.15, -0.1) is 0 Å². The van der Waals surface area contributed by atoms with Gasteiger partial charge in [0.2, 0.25) is 5.88 Å². The van der Waals surface area contributed by atoms with Gasteiger partial charge in [-0.25, -0.2) is 18.7 Å². The van der Waals surface area contributed by atoms with Crippen molar-refractivity contribution in [1.82, 2.24) is 9.97 Å². The molecule has 0 spiro atoms. The van der Waals surface area contributed by atoms with Crippen molar-refractivity contribution in [3.63, 3.8) is 0 Å². The van der Waals surface area contributed by atoms with Crippen LogP contribution in [0.5, 0.6) is 5.88 Å². The van der Waals surface area contributed by atoms with E-state index in [0.29, 0.717) is 12.4 Å². The van der Waals surface area contributed by atoms with E-state index < -0.39 is 11.6 Å². The lowest BCUT2D eigenvalue weighted by atomic mass is 10.2. The van der Waals surface area contributed by atoms with Crippen LogP contribution in [0, 0.1) is 11.6 Å². The minimum Gasteiger partial charge on any atom is -0.481 e. The summed E-state index contributed by atoms with van der Waals surface area (Å²) >= 11 is 0. The summed E-state index contributed by atoms with van der Waals surface area (Å²) in [6.07, 6.45) is 2.54. The number of methoxy groups -OCH3 is 1. The molecule has 0 bridgehead atoms. The summed E-state index contributed by atoms with van der Waals surface area (Å²) in [4.78, 5) is 7.58. The van der Waals surface area contributed by atoms with Crippen LogP contribution in [0.25, 0.3) is 0 Å². The van der Waals surface area contributed by atoms with E-state index in [1.807, 2.05) is 0 Å². The largest absolute Gasteiger partial charge is 0.481 e. The van der Waals surface area contributed by atoms with Crippen LogP contribution in [-0.2, 0) is 6.54 Å². The number of aromatic nitrogens is 2. The van der Waals surface area contributed by atoms with Gasteiger partial charge in [0, 0.05) is 24.9 Å². The molecule has 0 atom stereocenters. The van der Waals surface area contributed by atoms with E-state index in [1.54, 1.807) is 18.3 Å². The quantitative estimate of drug-likeness (QED) is 0.906. The molecule has 2 aromatic rings. The van der Waals surface area contributed by atoms with Crippen molar-refractivity contribution < 1.29 is 13.5 Å². The first kappa shape index (κ1) is 12.2. The minimum absolute atomic E-state index is 0.00665. The van der Waals surface area contributed by atoms with Crippen LogP contribution < -0.4 is 10.1 Å². The Hall–Kier alpha value is -2.24. The molecule has 0 radical (unpaired) electrons. The third-order valence-electron chi connectivity index (χ3n) is 2.28. The fraction of sp³-hybridized carbons (Fsp3) is 0.167. The van der Waals surface area contributed by atoms with Gasteiger partial charge >= 0.3 is 0 Å². The van der Waals surface area contributed by atoms with Crippen LogP contribution in [0.3, 0.4) is 0 Å². The second-order valence-corrected chi connectivity index (χ2v) is 3.54. The Kier molecular flexibility index (Phi) is 3.66. The van der Waals surface area contributed by atoms with E-state index in [0.717, 1.165) is 17.8 Å². The van der Waals surface area contributed by atoms with E-state index in [4.69, 9.17) is 4.74 Å². The van der Waals surface area contributed by atoms with Gasteiger partial charge in [-0.2, -0.15) is 0 Å². The highest BCUT2D eigenvalue weighted by atomic mass is 19.1. The number of ether oxygens (including phenoxy) is 1. The van der Waals surface area contributed by atoms with Crippen molar-refractivity contribution >= 4 is 5.82 Å². The van der Waals surface area contributed by atoms with Crippen molar-refractivity contribution in [1.29, 1.82) is 0 Å². The van der Waals surface area contributed by atoms with Crippen LogP contribution in [0.2, 0.25) is 0 Å². The third kappa shape index (κ3) is 2.91. The lowest BCUT2D eigenvalue weighted by Gasteiger charge is -2.07. The molecular weight excluding hydrogens is 240 g/mol. The predicted octanol–water partition coefficient (Wildman–Crippen LogP) is 2.38. The zero-order chi connectivity index (χ0) is 13.0. The topological polar surface area (TPSA) is 47.0 Å². The number of rotatable bonds is 4. The molecule has 0 aliphatic heterocycles. The Labute approximate surface area is 103 Å². The molecule has 0 saturated carbocycles. The Morgan fingerprint density at radius 2 is 2.11 bits per heavy atom. The highest BCUT2D eigenvalue weighted by Gasteiger charge is 2.05. The maximum atomic E-state index is 13.3. The molecule has 2 rings (SSSR count). The molecule has 4 nitrogen and oxygen atoms in total. The minimum atomic E-state index is -0.726. The smallest absolute Gasteiger partial charge is 0.213 e. The van der Waals surface area contributed by atoms with Gasteiger partial charge in [-0.05, 0) is 11.6 Å². The van der Waals surface area contributed by atoms with Gasteiger partial charge < -0.3 is 10.1 Å². The molecule has 0 aromatic carbocycles. The fourth-order valence-corrected chi connectivity index (χ4v) is 1.40. The third-order valence-corrected chi connectivity index (χ3v) is 2.28. The SMILES string of the molecule is COc1cc(CNc2ncc(F)cc2F)ccn1. The molecule has 0 aliphatic rings. The molecule has 0 amide bonds. The zero-order valence-electron chi connectivity index (χ0n) is 9.65. The first-order valence-electron chi connectivity index (χ1n) is 5.23. The van der Waals surface area contributed by atoms with Crippen LogP contribution in [0.4, 0.5) is 14.6 Å². The van der Waals surface area contributed by atoms with Gasteiger partial charge in [-0.3, -0.25) is 0 Å². The normalized spacial score (nSPS) is 10.2. The Bertz CT molecular complexity index is 549. The number of hydrogen-bond donors (Lipinski definition) is 1. The van der Waals surface area contributed by atoms with Gasteiger partial charge in [0.15, 0.2) is 11.6 Å². The van der Waals surface area contributed by atoms with Crippen LogP contribution in [0.15, 0.2) is 30.6 Å². The van der Waals surface area contributed by atoms with Crippen molar-refractivity contribution in [3.8, 4) is 5.88 Å². The summed E-state index contributed by atoms with van der Waals surface area (Å²) in [5, 5.41) is 2.77. The number of anilines is 1. The Morgan fingerprint density at radius 1 is 1.28 bits per heavy atom. The molecule has 18 heavy (non-hydrogen) atoms. The highest BCUT2D eigenvalue weighted by Crippen LogP contribution is 2.14. The summed E-state index contributed by atoms with van der Waals surface area (Å²) in [6.45, 7) is 0.342. The highest BCUT2D eigenvalue weighted by molar-refractivity contribution is 5.37. The van der Waals surface area contributed by atoms with Gasteiger partial charge in [0.05, 0.1) is 13.3 Å². The maximum absolute atomic E-state index is 13.3. The van der Waals surface area contributed by atoms with Crippen molar-refractivity contribution in [2.24, 2.45) is 0 Å². The monoisotopic (exact) mass is 251 g/mol. The first-order chi connectivity index (χ1) is 8.69. The second-order valence-electron chi connectivity index (χ2n) is 3.54. The van der Waals surface area contributed by atoms with E-state index >= 15 is 0 Å². The number of nitrogens with one attached hydrogen (secondary N) is 1. The number of pyridine rings is 2. The average molecular weight is 251 g/mol. The van der Waals surface area contributed by atoms with Gasteiger partial charge in [-0.1, -0.05) is 0 Å². The number of nitrogens with zero attached hydrogens (tertiary/aromatic N) is 2. The summed E-state index contributed by atoms with van der Waals surface area (Å²) in [7, 11) is 1.51. The maximum Gasteiger partial charge on any atom is 0.213 e. The predicted molar refractivity (Wildman–Crippen MR) is 62.3 cm³/mol. The van der Waals surface area contributed by atoms with Crippen LogP contribution >= 0.6 is 0 Å². The first-order valence-corrected chi connectivity index (χ1v) is 5.23. The summed E-state index contributed by atoms with van der Waals surface area (Å²) in [5.74, 6) is -0.950. The lowest BCUT2D eigenvalue weighted by molar-refractivity contribution is 0.397. The van der Waals surface area contributed by atoms with E-state index in [1.165, 1.54) is 7.11 Å². The van der Waals surface area contributed by atoms with E-state index in [9.17, 15) is 8.78 Å². The standard InChI is InChI=1S/C12H11F2N3O/c1-18-11-4-8(2-3-15-11)6-16-12-10(14)5-9(13)7-17-12/h2-5,7H,6H2,1H3,(H,16,17). The van der Waals surface area contributed by atoms with Crippen molar-refractivity contribution in [2.75, 3.05) is 12.4 Å².